The molecule has 0 bridgehead atoms. The second kappa shape index (κ2) is 5.58. The van der Waals surface area contributed by atoms with Crippen molar-refractivity contribution in [2.75, 3.05) is 5.32 Å². The van der Waals surface area contributed by atoms with Gasteiger partial charge in [-0.15, -0.1) is 0 Å². The van der Waals surface area contributed by atoms with Gasteiger partial charge in [-0.2, -0.15) is 0 Å². The van der Waals surface area contributed by atoms with Crippen molar-refractivity contribution in [3.63, 3.8) is 0 Å². The summed E-state index contributed by atoms with van der Waals surface area (Å²) in [6, 6.07) is 9.75. The molecule has 0 atom stereocenters. The van der Waals surface area contributed by atoms with Crippen LogP contribution in [0.3, 0.4) is 0 Å². The van der Waals surface area contributed by atoms with Crippen LogP contribution in [-0.2, 0) is 0 Å². The number of phenolic OH excluding ortho intramolecular Hbond substituents is 1. The third-order valence-electron chi connectivity index (χ3n) is 2.55. The number of para-hydroxylation sites is 1. The number of anilines is 1. The summed E-state index contributed by atoms with van der Waals surface area (Å²) < 4.78 is 0. The molecule has 2 rings (SSSR count). The van der Waals surface area contributed by atoms with E-state index in [0.717, 1.165) is 0 Å². The van der Waals surface area contributed by atoms with E-state index in [1.807, 2.05) is 0 Å². The van der Waals surface area contributed by atoms with Crippen LogP contribution in [0.5, 0.6) is 5.75 Å². The molecule has 0 aromatic heterocycles. The Bertz CT molecular complexity index is 688. The van der Waals surface area contributed by atoms with E-state index in [-0.39, 0.29) is 27.7 Å². The monoisotopic (exact) mass is 292 g/mol. The van der Waals surface area contributed by atoms with Crippen LogP contribution in [0.1, 0.15) is 10.4 Å². The van der Waals surface area contributed by atoms with E-state index < -0.39 is 10.8 Å². The minimum Gasteiger partial charge on any atom is -0.506 e. The Morgan fingerprint density at radius 1 is 1.25 bits per heavy atom. The Balaban J connectivity index is 2.28. The van der Waals surface area contributed by atoms with Gasteiger partial charge in [-0.3, -0.25) is 14.9 Å². The molecule has 2 N–H and O–H groups in total. The standard InChI is InChI=1S/C13H9ClN2O4/c14-10-6-5-8(7-12(10)17)15-13(18)9-3-1-2-4-11(9)16(19)20/h1-7,17H,(H,15,18). The average molecular weight is 293 g/mol. The van der Waals surface area contributed by atoms with Crippen molar-refractivity contribution in [3.05, 3.63) is 63.2 Å². The van der Waals surface area contributed by atoms with Crippen LogP contribution in [0.2, 0.25) is 5.02 Å². The molecule has 102 valence electrons. The normalized spacial score (nSPS) is 10.1. The van der Waals surface area contributed by atoms with Crippen molar-refractivity contribution >= 4 is 28.9 Å². The molecule has 0 saturated carbocycles. The van der Waals surface area contributed by atoms with Crippen LogP contribution in [0.4, 0.5) is 11.4 Å². The Kier molecular flexibility index (Phi) is 3.86. The first-order valence-corrected chi connectivity index (χ1v) is 5.90. The van der Waals surface area contributed by atoms with Gasteiger partial charge in [-0.1, -0.05) is 23.7 Å². The summed E-state index contributed by atoms with van der Waals surface area (Å²) in [7, 11) is 0. The Morgan fingerprint density at radius 2 is 1.95 bits per heavy atom. The number of phenols is 1. The molecule has 0 fully saturated rings. The molecule has 2 aromatic rings. The van der Waals surface area contributed by atoms with Gasteiger partial charge < -0.3 is 10.4 Å². The second-order valence-corrected chi connectivity index (χ2v) is 4.30. The minimum atomic E-state index is -0.640. The van der Waals surface area contributed by atoms with Crippen molar-refractivity contribution in [2.45, 2.75) is 0 Å². The Morgan fingerprint density at radius 3 is 2.60 bits per heavy atom. The summed E-state index contributed by atoms with van der Waals surface area (Å²) in [5.41, 5.74) is -0.0647. The average Bonchev–Trinajstić information content (AvgIpc) is 2.43. The molecule has 0 radical (unpaired) electrons. The third kappa shape index (κ3) is 2.86. The van der Waals surface area contributed by atoms with Crippen molar-refractivity contribution in [1.29, 1.82) is 0 Å². The van der Waals surface area contributed by atoms with Gasteiger partial charge in [0.05, 0.1) is 9.95 Å². The SMILES string of the molecule is O=C(Nc1ccc(Cl)c(O)c1)c1ccccc1[N+](=O)[O-]. The van der Waals surface area contributed by atoms with Gasteiger partial charge in [-0.05, 0) is 18.2 Å². The van der Waals surface area contributed by atoms with E-state index in [0.29, 0.717) is 0 Å². The lowest BCUT2D eigenvalue weighted by molar-refractivity contribution is -0.385. The molecule has 20 heavy (non-hydrogen) atoms. The van der Waals surface area contributed by atoms with E-state index in [1.165, 1.54) is 42.5 Å². The summed E-state index contributed by atoms with van der Waals surface area (Å²) >= 11 is 5.65. The van der Waals surface area contributed by atoms with Crippen LogP contribution >= 0.6 is 11.6 Å². The number of nitro groups is 1. The van der Waals surface area contributed by atoms with Crippen LogP contribution < -0.4 is 5.32 Å². The van der Waals surface area contributed by atoms with Gasteiger partial charge in [0.1, 0.15) is 11.3 Å². The predicted molar refractivity (Wildman–Crippen MR) is 74.2 cm³/mol. The van der Waals surface area contributed by atoms with Crippen LogP contribution in [0, 0.1) is 10.1 Å². The fourth-order valence-electron chi connectivity index (χ4n) is 1.61. The first kappa shape index (κ1) is 13.8. The molecule has 0 spiro atoms. The molecular weight excluding hydrogens is 284 g/mol. The number of benzene rings is 2. The van der Waals surface area contributed by atoms with Crippen molar-refractivity contribution in [1.82, 2.24) is 0 Å². The highest BCUT2D eigenvalue weighted by atomic mass is 35.5. The minimum absolute atomic E-state index is 0.0630. The Hall–Kier alpha value is -2.60. The maximum absolute atomic E-state index is 12.0. The molecule has 0 aliphatic heterocycles. The molecule has 6 nitrogen and oxygen atoms in total. The highest BCUT2D eigenvalue weighted by Crippen LogP contribution is 2.27. The molecule has 2 aromatic carbocycles. The Labute approximate surface area is 118 Å². The van der Waals surface area contributed by atoms with E-state index in [9.17, 15) is 20.0 Å². The van der Waals surface area contributed by atoms with Gasteiger partial charge in [0, 0.05) is 17.8 Å². The highest BCUT2D eigenvalue weighted by Gasteiger charge is 2.19. The number of nitro benzene ring substituents is 1. The largest absolute Gasteiger partial charge is 0.506 e. The zero-order valence-corrected chi connectivity index (χ0v) is 10.8. The van der Waals surface area contributed by atoms with Crippen molar-refractivity contribution in [3.8, 4) is 5.75 Å². The van der Waals surface area contributed by atoms with E-state index in [1.54, 1.807) is 0 Å². The van der Waals surface area contributed by atoms with Gasteiger partial charge in [0.25, 0.3) is 11.6 Å². The lowest BCUT2D eigenvalue weighted by Crippen LogP contribution is -2.13. The summed E-state index contributed by atoms with van der Waals surface area (Å²) in [6.45, 7) is 0. The number of aromatic hydroxyl groups is 1. The number of nitrogens with zero attached hydrogens (tertiary/aromatic N) is 1. The number of amides is 1. The van der Waals surface area contributed by atoms with Crippen molar-refractivity contribution < 1.29 is 14.8 Å². The number of carbonyl (C=O) groups is 1. The molecule has 0 saturated heterocycles. The van der Waals surface area contributed by atoms with Crippen molar-refractivity contribution in [2.24, 2.45) is 0 Å². The summed E-state index contributed by atoms with van der Waals surface area (Å²) in [5, 5.41) is 22.9. The topological polar surface area (TPSA) is 92.5 Å². The molecule has 0 aliphatic rings. The molecule has 7 heteroatoms. The first-order chi connectivity index (χ1) is 9.49. The summed E-state index contributed by atoms with van der Waals surface area (Å²) in [4.78, 5) is 22.2. The van der Waals surface area contributed by atoms with E-state index >= 15 is 0 Å². The molecule has 0 unspecified atom stereocenters. The van der Waals surface area contributed by atoms with Gasteiger partial charge in [0.2, 0.25) is 0 Å². The number of nitrogens with one attached hydrogen (secondary N) is 1. The zero-order chi connectivity index (χ0) is 14.7. The number of carbonyl (C=O) groups excluding carboxylic acids is 1. The maximum Gasteiger partial charge on any atom is 0.282 e. The number of rotatable bonds is 3. The number of hydrogen-bond donors (Lipinski definition) is 2. The van der Waals surface area contributed by atoms with Crippen LogP contribution in [-0.4, -0.2) is 15.9 Å². The quantitative estimate of drug-likeness (QED) is 0.671. The number of halogens is 1. The van der Waals surface area contributed by atoms with Gasteiger partial charge in [-0.25, -0.2) is 0 Å². The summed E-state index contributed by atoms with van der Waals surface area (Å²) in [5.74, 6) is -0.828. The van der Waals surface area contributed by atoms with Crippen LogP contribution in [0.25, 0.3) is 0 Å². The van der Waals surface area contributed by atoms with Gasteiger partial charge in [0.15, 0.2) is 0 Å². The molecule has 0 heterocycles. The fraction of sp³-hybridized carbons (Fsp3) is 0. The molecule has 0 aliphatic carbocycles. The van der Waals surface area contributed by atoms with E-state index in [4.69, 9.17) is 11.6 Å². The predicted octanol–water partition coefficient (Wildman–Crippen LogP) is 3.21. The zero-order valence-electron chi connectivity index (χ0n) is 10.0. The lowest BCUT2D eigenvalue weighted by Gasteiger charge is -2.06. The van der Waals surface area contributed by atoms with Crippen LogP contribution in [0.15, 0.2) is 42.5 Å². The third-order valence-corrected chi connectivity index (χ3v) is 2.87. The van der Waals surface area contributed by atoms with E-state index in [2.05, 4.69) is 5.32 Å². The first-order valence-electron chi connectivity index (χ1n) is 5.52. The smallest absolute Gasteiger partial charge is 0.282 e. The summed E-state index contributed by atoms with van der Waals surface area (Å²) in [6.07, 6.45) is 0. The molecular formula is C13H9ClN2O4. The number of hydrogen-bond acceptors (Lipinski definition) is 4. The second-order valence-electron chi connectivity index (χ2n) is 3.89. The van der Waals surface area contributed by atoms with Gasteiger partial charge >= 0.3 is 0 Å². The lowest BCUT2D eigenvalue weighted by atomic mass is 10.1. The maximum atomic E-state index is 12.0. The highest BCUT2D eigenvalue weighted by molar-refractivity contribution is 6.32. The fourth-order valence-corrected chi connectivity index (χ4v) is 1.73. The molecule has 1 amide bonds.